The monoisotopic (exact) mass is 363 g/mol. The zero-order valence-corrected chi connectivity index (χ0v) is 16.2. The van der Waals surface area contributed by atoms with Crippen LogP contribution in [0.4, 0.5) is 10.5 Å². The van der Waals surface area contributed by atoms with Gasteiger partial charge in [0.2, 0.25) is 0 Å². The van der Waals surface area contributed by atoms with E-state index in [0.29, 0.717) is 18.6 Å². The van der Waals surface area contributed by atoms with Gasteiger partial charge in [-0.1, -0.05) is 31.0 Å². The minimum absolute atomic E-state index is 0.312. The van der Waals surface area contributed by atoms with E-state index >= 15 is 0 Å². The number of hydrogen-bond donors (Lipinski definition) is 2. The largest absolute Gasteiger partial charge is 0.450 e. The van der Waals surface area contributed by atoms with Crippen LogP contribution in [0.15, 0.2) is 24.3 Å². The smallest absolute Gasteiger partial charge is 0.407 e. The summed E-state index contributed by atoms with van der Waals surface area (Å²) < 4.78 is 8.25. The molecule has 6 heteroatoms. The van der Waals surface area contributed by atoms with Gasteiger partial charge in [0.15, 0.2) is 0 Å². The average molecular weight is 364 g/mol. The van der Waals surface area contributed by atoms with Crippen LogP contribution in [0, 0.1) is 11.8 Å². The van der Waals surface area contributed by atoms with Crippen molar-refractivity contribution < 1.29 is 9.53 Å². The molecule has 1 amide bonds. The second-order valence-electron chi connectivity index (χ2n) is 6.90. The molecular formula is C19H29N3O2S. The normalized spacial score (nSPS) is 27.6. The van der Waals surface area contributed by atoms with E-state index in [0.717, 1.165) is 31.5 Å². The Hall–Kier alpha value is -1.40. The summed E-state index contributed by atoms with van der Waals surface area (Å²) in [6.07, 6.45) is 2.93. The van der Waals surface area contributed by atoms with Gasteiger partial charge in [0, 0.05) is 43.5 Å². The number of carbonyl (C=O) groups excluding carboxylic acids is 1. The molecule has 1 aliphatic carbocycles. The van der Waals surface area contributed by atoms with Crippen LogP contribution in [0.2, 0.25) is 0 Å². The Labute approximate surface area is 155 Å². The highest BCUT2D eigenvalue weighted by Crippen LogP contribution is 2.65. The topological polar surface area (TPSA) is 53.6 Å². The Morgan fingerprint density at radius 2 is 2.12 bits per heavy atom. The van der Waals surface area contributed by atoms with Gasteiger partial charge >= 0.3 is 6.09 Å². The van der Waals surface area contributed by atoms with Crippen LogP contribution in [-0.4, -0.2) is 50.0 Å². The first kappa shape index (κ1) is 18.4. The van der Waals surface area contributed by atoms with E-state index in [4.69, 9.17) is 4.74 Å². The molecule has 2 fully saturated rings. The van der Waals surface area contributed by atoms with Crippen LogP contribution >= 0.6 is 11.9 Å². The number of nitrogens with one attached hydrogen (secondary N) is 2. The Balaban J connectivity index is 1.55. The number of likely N-dealkylation sites (tertiary alicyclic amines) is 1. The van der Waals surface area contributed by atoms with Gasteiger partial charge in [0.1, 0.15) is 0 Å². The lowest BCUT2D eigenvalue weighted by Gasteiger charge is -2.26. The fourth-order valence-electron chi connectivity index (χ4n) is 4.64. The highest BCUT2D eigenvalue weighted by molar-refractivity contribution is 7.99. The molecule has 0 bridgehead atoms. The molecule has 25 heavy (non-hydrogen) atoms. The van der Waals surface area contributed by atoms with E-state index < -0.39 is 0 Å². The summed E-state index contributed by atoms with van der Waals surface area (Å²) in [5.41, 5.74) is 3.02. The standard InChI is InChI=1S/C19H29N3O2S/c1-4-19(14-7-6-8-15(11-14)21-25-3)16-12-22(13-17(16)19)10-9-20-18(23)24-5-2/h6-8,11,16-17,21H,4-5,9-10,12-13H2,1-3H3,(H,20,23). The Morgan fingerprint density at radius 3 is 2.76 bits per heavy atom. The maximum atomic E-state index is 11.4. The Kier molecular flexibility index (Phi) is 5.79. The average Bonchev–Trinajstić information content (AvgIpc) is 2.99. The second-order valence-corrected chi connectivity index (χ2v) is 7.51. The molecule has 2 aliphatic rings. The molecule has 2 unspecified atom stereocenters. The maximum Gasteiger partial charge on any atom is 0.407 e. The summed E-state index contributed by atoms with van der Waals surface area (Å²) in [5, 5.41) is 2.81. The molecule has 2 atom stereocenters. The van der Waals surface area contributed by atoms with E-state index in [1.807, 2.05) is 6.92 Å². The number of amides is 1. The third kappa shape index (κ3) is 3.60. The second kappa shape index (κ2) is 7.87. The number of anilines is 1. The molecule has 3 rings (SSSR count). The van der Waals surface area contributed by atoms with Crippen molar-refractivity contribution in [2.75, 3.05) is 43.8 Å². The van der Waals surface area contributed by atoms with E-state index in [2.05, 4.69) is 52.4 Å². The quantitative estimate of drug-likeness (QED) is 0.694. The number of ether oxygens (including phenoxy) is 1. The molecule has 1 aliphatic heterocycles. The van der Waals surface area contributed by atoms with Crippen molar-refractivity contribution >= 4 is 23.7 Å². The van der Waals surface area contributed by atoms with Crippen molar-refractivity contribution in [3.05, 3.63) is 29.8 Å². The number of piperidine rings is 1. The van der Waals surface area contributed by atoms with Gasteiger partial charge in [-0.3, -0.25) is 0 Å². The summed E-state index contributed by atoms with van der Waals surface area (Å²) in [6, 6.07) is 8.92. The first-order valence-electron chi connectivity index (χ1n) is 9.18. The molecule has 138 valence electrons. The summed E-state index contributed by atoms with van der Waals surface area (Å²) in [7, 11) is 0. The molecule has 1 aromatic rings. The van der Waals surface area contributed by atoms with Gasteiger partial charge in [-0.05, 0) is 42.9 Å². The minimum Gasteiger partial charge on any atom is -0.450 e. The van der Waals surface area contributed by atoms with Crippen molar-refractivity contribution in [2.45, 2.75) is 25.7 Å². The van der Waals surface area contributed by atoms with Crippen LogP contribution < -0.4 is 10.0 Å². The van der Waals surface area contributed by atoms with E-state index in [1.165, 1.54) is 17.7 Å². The summed E-state index contributed by atoms with van der Waals surface area (Å²) >= 11 is 1.64. The number of benzene rings is 1. The lowest BCUT2D eigenvalue weighted by Crippen LogP contribution is -2.37. The Bertz CT molecular complexity index is 598. The number of alkyl carbamates (subject to hydrolysis) is 1. The summed E-state index contributed by atoms with van der Waals surface area (Å²) in [6.45, 7) is 8.38. The fourth-order valence-corrected chi connectivity index (χ4v) is 5.01. The van der Waals surface area contributed by atoms with Crippen LogP contribution in [0.1, 0.15) is 25.8 Å². The van der Waals surface area contributed by atoms with Crippen molar-refractivity contribution in [1.29, 1.82) is 0 Å². The first-order valence-corrected chi connectivity index (χ1v) is 10.4. The molecule has 1 aromatic carbocycles. The lowest BCUT2D eigenvalue weighted by atomic mass is 9.87. The molecule has 2 N–H and O–H groups in total. The third-order valence-electron chi connectivity index (χ3n) is 5.79. The molecule has 0 spiro atoms. The molecule has 1 saturated heterocycles. The zero-order valence-electron chi connectivity index (χ0n) is 15.4. The van der Waals surface area contributed by atoms with Crippen LogP contribution in [-0.2, 0) is 10.2 Å². The van der Waals surface area contributed by atoms with Crippen molar-refractivity contribution in [1.82, 2.24) is 10.2 Å². The SMILES string of the molecule is CCOC(=O)NCCN1CC2C(C1)C2(CC)c1cccc(NSC)c1. The van der Waals surface area contributed by atoms with Crippen molar-refractivity contribution in [3.8, 4) is 0 Å². The summed E-state index contributed by atoms with van der Waals surface area (Å²) in [5.74, 6) is 1.48. The number of hydrogen-bond acceptors (Lipinski definition) is 5. The number of fused-ring (bicyclic) bond motifs is 1. The number of nitrogens with zero attached hydrogens (tertiary/aromatic N) is 1. The number of rotatable bonds is 8. The van der Waals surface area contributed by atoms with Crippen molar-refractivity contribution in [3.63, 3.8) is 0 Å². The van der Waals surface area contributed by atoms with Crippen LogP contribution in [0.3, 0.4) is 0 Å². The molecule has 1 heterocycles. The molecule has 0 aromatic heterocycles. The predicted molar refractivity (Wildman–Crippen MR) is 104 cm³/mol. The van der Waals surface area contributed by atoms with E-state index in [-0.39, 0.29) is 6.09 Å². The minimum atomic E-state index is -0.312. The van der Waals surface area contributed by atoms with Gasteiger partial charge < -0.3 is 19.7 Å². The van der Waals surface area contributed by atoms with Crippen LogP contribution in [0.5, 0.6) is 0 Å². The van der Waals surface area contributed by atoms with Gasteiger partial charge in [-0.25, -0.2) is 4.79 Å². The lowest BCUT2D eigenvalue weighted by molar-refractivity contribution is 0.150. The van der Waals surface area contributed by atoms with Gasteiger partial charge in [-0.2, -0.15) is 0 Å². The first-order chi connectivity index (χ1) is 12.2. The molecule has 1 saturated carbocycles. The molecule has 5 nitrogen and oxygen atoms in total. The fraction of sp³-hybridized carbons (Fsp3) is 0.632. The van der Waals surface area contributed by atoms with Crippen molar-refractivity contribution in [2.24, 2.45) is 11.8 Å². The van der Waals surface area contributed by atoms with E-state index in [1.54, 1.807) is 11.9 Å². The zero-order chi connectivity index (χ0) is 17.9. The molecular weight excluding hydrogens is 334 g/mol. The third-order valence-corrected chi connectivity index (χ3v) is 6.23. The van der Waals surface area contributed by atoms with Gasteiger partial charge in [-0.15, -0.1) is 0 Å². The van der Waals surface area contributed by atoms with Gasteiger partial charge in [0.05, 0.1) is 6.61 Å². The number of carbonyl (C=O) groups is 1. The molecule has 0 radical (unpaired) electrons. The van der Waals surface area contributed by atoms with Gasteiger partial charge in [0.25, 0.3) is 0 Å². The predicted octanol–water partition coefficient (Wildman–Crippen LogP) is 3.33. The highest BCUT2D eigenvalue weighted by atomic mass is 32.2. The van der Waals surface area contributed by atoms with Crippen LogP contribution in [0.25, 0.3) is 0 Å². The summed E-state index contributed by atoms with van der Waals surface area (Å²) in [4.78, 5) is 13.8. The Morgan fingerprint density at radius 1 is 1.36 bits per heavy atom. The van der Waals surface area contributed by atoms with E-state index in [9.17, 15) is 4.79 Å². The maximum absolute atomic E-state index is 11.4. The highest BCUT2D eigenvalue weighted by Gasteiger charge is 2.67.